The topological polar surface area (TPSA) is 89.0 Å². The second kappa shape index (κ2) is 9.24. The summed E-state index contributed by atoms with van der Waals surface area (Å²) in [5, 5.41) is 7.02. The third-order valence-corrected chi connectivity index (χ3v) is 7.81. The second-order valence-corrected chi connectivity index (χ2v) is 10.3. The van der Waals surface area contributed by atoms with E-state index in [1.807, 2.05) is 27.7 Å². The molecule has 2 aliphatic heterocycles. The molecule has 188 valence electrons. The Morgan fingerprint density at radius 3 is 2.81 bits per heavy atom. The lowest BCUT2D eigenvalue weighted by Gasteiger charge is -2.35. The van der Waals surface area contributed by atoms with Gasteiger partial charge in [-0.25, -0.2) is 9.50 Å². The molecule has 2 atom stereocenters. The first-order valence-corrected chi connectivity index (χ1v) is 13.1. The normalized spacial score (nSPS) is 21.8. The van der Waals surface area contributed by atoms with Crippen molar-refractivity contribution in [1.82, 2.24) is 19.5 Å². The van der Waals surface area contributed by atoms with E-state index in [1.54, 1.807) is 7.11 Å². The number of likely N-dealkylation sites (tertiary alicyclic amines) is 1. The summed E-state index contributed by atoms with van der Waals surface area (Å²) in [6.07, 6.45) is 12.3. The van der Waals surface area contributed by atoms with Gasteiger partial charge in [-0.3, -0.25) is 4.79 Å². The Hall–Kier alpha value is -3.39. The summed E-state index contributed by atoms with van der Waals surface area (Å²) >= 11 is 0. The predicted octanol–water partition coefficient (Wildman–Crippen LogP) is 2.31. The molecule has 2 fully saturated rings. The van der Waals surface area contributed by atoms with Crippen molar-refractivity contribution < 1.29 is 9.53 Å². The van der Waals surface area contributed by atoms with Crippen LogP contribution in [0.5, 0.6) is 5.75 Å². The highest BCUT2D eigenvalue weighted by molar-refractivity contribution is 5.98. The van der Waals surface area contributed by atoms with Crippen molar-refractivity contribution in [2.75, 3.05) is 31.6 Å². The summed E-state index contributed by atoms with van der Waals surface area (Å²) in [5.41, 5.74) is 9.59. The molecule has 3 aromatic rings. The highest BCUT2D eigenvalue weighted by atomic mass is 16.5. The number of aromatic nitrogens is 3. The van der Waals surface area contributed by atoms with Crippen molar-refractivity contribution in [3.05, 3.63) is 51.7 Å². The van der Waals surface area contributed by atoms with E-state index in [4.69, 9.17) is 20.6 Å². The molecule has 2 N–H and O–H groups in total. The summed E-state index contributed by atoms with van der Waals surface area (Å²) in [7, 11) is 1.64. The molecule has 8 nitrogen and oxygen atoms in total. The van der Waals surface area contributed by atoms with Gasteiger partial charge in [0.25, 0.3) is 5.91 Å². The molecule has 8 heteroatoms. The Morgan fingerprint density at radius 2 is 2.00 bits per heavy atom. The Morgan fingerprint density at radius 1 is 1.14 bits per heavy atom. The highest BCUT2D eigenvalue weighted by Crippen LogP contribution is 2.33. The van der Waals surface area contributed by atoms with E-state index in [0.29, 0.717) is 17.9 Å². The van der Waals surface area contributed by atoms with Gasteiger partial charge in [0.1, 0.15) is 11.6 Å². The number of piperidine rings is 1. The summed E-state index contributed by atoms with van der Waals surface area (Å²) < 4.78 is 7.53. The lowest BCUT2D eigenvalue weighted by atomic mass is 9.96. The van der Waals surface area contributed by atoms with Crippen LogP contribution in [0, 0.1) is 6.92 Å². The molecule has 0 unspecified atom stereocenters. The molecule has 0 spiro atoms. The molecule has 36 heavy (non-hydrogen) atoms. The molecule has 1 aromatic carbocycles. The number of hydrogen-bond donors (Lipinski definition) is 1. The Bertz CT molecular complexity index is 1440. The maximum Gasteiger partial charge on any atom is 0.258 e. The van der Waals surface area contributed by atoms with Crippen LogP contribution in [0.25, 0.3) is 17.8 Å². The molecule has 0 radical (unpaired) electrons. The Balaban J connectivity index is 1.38. The van der Waals surface area contributed by atoms with Crippen LogP contribution in [0.1, 0.15) is 66.2 Å². The Labute approximate surface area is 211 Å². The Kier molecular flexibility index (Phi) is 5.91. The third-order valence-electron chi connectivity index (χ3n) is 7.81. The van der Waals surface area contributed by atoms with Crippen LogP contribution < -0.4 is 25.8 Å². The molecular formula is C28H34N6O2. The van der Waals surface area contributed by atoms with E-state index in [9.17, 15) is 4.79 Å². The number of hydrogen-bond acceptors (Lipinski definition) is 6. The third kappa shape index (κ3) is 3.93. The monoisotopic (exact) mass is 486 g/mol. The van der Waals surface area contributed by atoms with E-state index in [2.05, 4.69) is 30.0 Å². The number of nitrogens with two attached hydrogens (primary N) is 1. The van der Waals surface area contributed by atoms with Gasteiger partial charge in [-0.1, -0.05) is 18.2 Å². The number of carbonyl (C=O) groups excluding carboxylic acids is 1. The minimum absolute atomic E-state index is 0.0212. The molecule has 3 aliphatic rings. The van der Waals surface area contributed by atoms with Crippen molar-refractivity contribution in [2.45, 2.75) is 57.5 Å². The largest absolute Gasteiger partial charge is 0.496 e. The first-order chi connectivity index (χ1) is 17.5. The van der Waals surface area contributed by atoms with Gasteiger partial charge in [-0.15, -0.1) is 0 Å². The average molecular weight is 487 g/mol. The zero-order valence-electron chi connectivity index (χ0n) is 21.1. The molecule has 2 aromatic heterocycles. The average Bonchev–Trinajstić information content (AvgIpc) is 3.52. The maximum absolute atomic E-state index is 14.1. The summed E-state index contributed by atoms with van der Waals surface area (Å²) in [6, 6.07) is 6.12. The quantitative estimate of drug-likeness (QED) is 0.609. The maximum atomic E-state index is 14.1. The van der Waals surface area contributed by atoms with Crippen LogP contribution in [0.15, 0.2) is 24.4 Å². The van der Waals surface area contributed by atoms with Crippen molar-refractivity contribution in [1.29, 1.82) is 0 Å². The molecule has 2 saturated heterocycles. The van der Waals surface area contributed by atoms with Crippen LogP contribution in [0.4, 0.5) is 5.82 Å². The van der Waals surface area contributed by atoms with Gasteiger partial charge in [0, 0.05) is 43.5 Å². The van der Waals surface area contributed by atoms with Gasteiger partial charge in [-0.05, 0) is 62.0 Å². The molecule has 0 saturated carbocycles. The van der Waals surface area contributed by atoms with Gasteiger partial charge in [0.05, 0.1) is 24.4 Å². The second-order valence-electron chi connectivity index (χ2n) is 10.3. The van der Waals surface area contributed by atoms with Crippen LogP contribution in [0.3, 0.4) is 0 Å². The van der Waals surface area contributed by atoms with E-state index >= 15 is 0 Å². The zero-order chi connectivity index (χ0) is 24.8. The lowest BCUT2D eigenvalue weighted by Crippen LogP contribution is -2.43. The summed E-state index contributed by atoms with van der Waals surface area (Å²) in [4.78, 5) is 23.3. The fraction of sp³-hybridized carbons (Fsp3) is 0.464. The first-order valence-electron chi connectivity index (χ1n) is 13.1. The minimum atomic E-state index is -0.0925. The summed E-state index contributed by atoms with van der Waals surface area (Å²) in [6.45, 7) is 4.53. The number of nitrogens with zero attached hydrogens (tertiary/aromatic N) is 5. The van der Waals surface area contributed by atoms with E-state index < -0.39 is 0 Å². The zero-order valence-corrected chi connectivity index (χ0v) is 21.1. The van der Waals surface area contributed by atoms with Crippen LogP contribution in [-0.4, -0.2) is 58.2 Å². The number of rotatable bonds is 4. The highest BCUT2D eigenvalue weighted by Gasteiger charge is 2.33. The number of ether oxygens (including phenoxy) is 1. The number of amides is 1. The van der Waals surface area contributed by atoms with Gasteiger partial charge >= 0.3 is 0 Å². The van der Waals surface area contributed by atoms with E-state index in [0.717, 1.165) is 84.8 Å². The van der Waals surface area contributed by atoms with E-state index in [1.165, 1.54) is 0 Å². The fourth-order valence-corrected chi connectivity index (χ4v) is 5.98. The molecule has 6 rings (SSSR count). The number of carbonyl (C=O) groups is 1. The smallest absolute Gasteiger partial charge is 0.258 e. The van der Waals surface area contributed by atoms with Crippen molar-refractivity contribution in [3.63, 3.8) is 0 Å². The van der Waals surface area contributed by atoms with Crippen molar-refractivity contribution in [2.24, 2.45) is 5.73 Å². The SMILES string of the molecule is COc1ccc2c(c1C(=O)N1CCCC[C@H]1c1cc3nc(N4CC[C@H](N)C4)c(C)cn3n1)=CCCC=2. The van der Waals surface area contributed by atoms with E-state index in [-0.39, 0.29) is 18.0 Å². The minimum Gasteiger partial charge on any atom is -0.496 e. The van der Waals surface area contributed by atoms with Crippen LogP contribution >= 0.6 is 0 Å². The molecule has 1 amide bonds. The number of anilines is 1. The summed E-state index contributed by atoms with van der Waals surface area (Å²) in [5.74, 6) is 1.63. The van der Waals surface area contributed by atoms with Crippen LogP contribution in [0.2, 0.25) is 0 Å². The van der Waals surface area contributed by atoms with Gasteiger partial charge < -0.3 is 20.3 Å². The number of benzene rings is 1. The first kappa shape index (κ1) is 23.0. The number of fused-ring (bicyclic) bond motifs is 2. The predicted molar refractivity (Wildman–Crippen MR) is 141 cm³/mol. The number of methoxy groups -OCH3 is 1. The van der Waals surface area contributed by atoms with Crippen molar-refractivity contribution >= 4 is 29.5 Å². The standard InChI is InChI=1S/C28H34N6O2/c1-18-16-34-25(30-27(18)32-14-12-20(29)17-32)15-22(31-34)23-9-5-6-13-33(23)28(35)26-21-8-4-3-7-19(21)10-11-24(26)36-2/h7-8,10-11,15-16,20,23H,3-6,9,12-14,17,29H2,1-2H3/t20-,23-/m0/s1. The molecule has 1 aliphatic carbocycles. The number of aryl methyl sites for hydroxylation is 1. The van der Waals surface area contributed by atoms with Gasteiger partial charge in [0.15, 0.2) is 5.65 Å². The van der Waals surface area contributed by atoms with Crippen molar-refractivity contribution in [3.8, 4) is 5.75 Å². The van der Waals surface area contributed by atoms with Gasteiger partial charge in [-0.2, -0.15) is 5.10 Å². The molecule has 4 heterocycles. The molecular weight excluding hydrogens is 452 g/mol. The van der Waals surface area contributed by atoms with Gasteiger partial charge in [0.2, 0.25) is 0 Å². The lowest BCUT2D eigenvalue weighted by molar-refractivity contribution is 0.0601. The fourth-order valence-electron chi connectivity index (χ4n) is 5.98. The van der Waals surface area contributed by atoms with Crippen LogP contribution in [-0.2, 0) is 0 Å². The molecule has 0 bridgehead atoms.